The van der Waals surface area contributed by atoms with Gasteiger partial charge in [0, 0.05) is 17.7 Å². The van der Waals surface area contributed by atoms with Crippen LogP contribution in [0.1, 0.15) is 51.9 Å². The van der Waals surface area contributed by atoms with Crippen molar-refractivity contribution >= 4 is 17.6 Å². The summed E-state index contributed by atoms with van der Waals surface area (Å²) < 4.78 is 1.30. The molecule has 2 aromatic heterocycles. The highest BCUT2D eigenvalue weighted by Gasteiger charge is 2.22. The van der Waals surface area contributed by atoms with Crippen LogP contribution in [0, 0.1) is 6.92 Å². The molecular formula is C17H24N6O3. The molecule has 140 valence electrons. The van der Waals surface area contributed by atoms with E-state index in [1.54, 1.807) is 33.8 Å². The van der Waals surface area contributed by atoms with E-state index in [2.05, 4.69) is 25.7 Å². The molecule has 0 bridgehead atoms. The van der Waals surface area contributed by atoms with E-state index >= 15 is 0 Å². The Bertz CT molecular complexity index is 889. The maximum Gasteiger partial charge on any atom is 0.314 e. The fourth-order valence-corrected chi connectivity index (χ4v) is 2.18. The van der Waals surface area contributed by atoms with Gasteiger partial charge in [-0.25, -0.2) is 4.98 Å². The molecule has 2 aromatic rings. The summed E-state index contributed by atoms with van der Waals surface area (Å²) in [4.78, 5) is 43.0. The molecule has 0 radical (unpaired) electrons. The predicted molar refractivity (Wildman–Crippen MR) is 97.3 cm³/mol. The van der Waals surface area contributed by atoms with Gasteiger partial charge in [-0.15, -0.1) is 0 Å². The molecule has 0 saturated carbocycles. The van der Waals surface area contributed by atoms with Crippen LogP contribution < -0.4 is 16.2 Å². The number of carbonyl (C=O) groups excluding carboxylic acids is 2. The van der Waals surface area contributed by atoms with Gasteiger partial charge in [0.1, 0.15) is 5.82 Å². The SMILES string of the molecule is Cc1cc(NC(=O)C(=O)NC(C)(C)C)n(-c2nc(C(C)C)cc(=O)[nH]2)n1. The molecule has 0 aromatic carbocycles. The van der Waals surface area contributed by atoms with Gasteiger partial charge in [0.15, 0.2) is 0 Å². The lowest BCUT2D eigenvalue weighted by Gasteiger charge is -2.19. The molecule has 0 aliphatic carbocycles. The van der Waals surface area contributed by atoms with Crippen molar-refractivity contribution in [3.05, 3.63) is 33.9 Å². The van der Waals surface area contributed by atoms with Gasteiger partial charge >= 0.3 is 11.8 Å². The number of aromatic nitrogens is 4. The van der Waals surface area contributed by atoms with Crippen LogP contribution in [0.3, 0.4) is 0 Å². The molecular weight excluding hydrogens is 336 g/mol. The summed E-state index contributed by atoms with van der Waals surface area (Å²) in [5.41, 5.74) is 0.326. The zero-order valence-electron chi connectivity index (χ0n) is 15.8. The molecule has 0 spiro atoms. The number of aromatic amines is 1. The normalized spacial score (nSPS) is 11.5. The minimum Gasteiger partial charge on any atom is -0.343 e. The molecule has 3 N–H and O–H groups in total. The Morgan fingerprint density at radius 2 is 1.85 bits per heavy atom. The average molecular weight is 360 g/mol. The molecule has 0 aliphatic rings. The summed E-state index contributed by atoms with van der Waals surface area (Å²) in [7, 11) is 0. The highest BCUT2D eigenvalue weighted by molar-refractivity contribution is 6.39. The number of hydrogen-bond donors (Lipinski definition) is 3. The van der Waals surface area contributed by atoms with Gasteiger partial charge in [0.05, 0.1) is 11.4 Å². The zero-order chi connectivity index (χ0) is 19.6. The molecule has 26 heavy (non-hydrogen) atoms. The third-order valence-corrected chi connectivity index (χ3v) is 3.31. The molecule has 2 amide bonds. The van der Waals surface area contributed by atoms with Crippen LogP contribution in [0.2, 0.25) is 0 Å². The molecule has 9 heteroatoms. The first-order valence-electron chi connectivity index (χ1n) is 8.28. The van der Waals surface area contributed by atoms with Crippen molar-refractivity contribution in [1.29, 1.82) is 0 Å². The molecule has 0 atom stereocenters. The fourth-order valence-electron chi connectivity index (χ4n) is 2.18. The van der Waals surface area contributed by atoms with E-state index in [-0.39, 0.29) is 23.2 Å². The van der Waals surface area contributed by atoms with Gasteiger partial charge in [-0.1, -0.05) is 13.8 Å². The van der Waals surface area contributed by atoms with Crippen LogP contribution in [0.15, 0.2) is 16.9 Å². The minimum absolute atomic E-state index is 0.0447. The Labute approximate surface area is 151 Å². The van der Waals surface area contributed by atoms with Gasteiger partial charge in [-0.3, -0.25) is 19.4 Å². The van der Waals surface area contributed by atoms with Crippen molar-refractivity contribution in [2.45, 2.75) is 53.0 Å². The van der Waals surface area contributed by atoms with Crippen LogP contribution in [-0.4, -0.2) is 37.1 Å². The minimum atomic E-state index is -0.830. The van der Waals surface area contributed by atoms with Crippen LogP contribution in [0.4, 0.5) is 5.82 Å². The third kappa shape index (κ3) is 4.78. The van der Waals surface area contributed by atoms with Crippen molar-refractivity contribution in [3.8, 4) is 5.95 Å². The van der Waals surface area contributed by atoms with Gasteiger partial charge in [-0.05, 0) is 33.6 Å². The Morgan fingerprint density at radius 1 is 1.19 bits per heavy atom. The number of aryl methyl sites for hydroxylation is 1. The Kier molecular flexibility index (Phi) is 5.29. The van der Waals surface area contributed by atoms with Crippen LogP contribution in [0.5, 0.6) is 0 Å². The molecule has 2 rings (SSSR count). The Hall–Kier alpha value is -2.97. The lowest BCUT2D eigenvalue weighted by Crippen LogP contribution is -2.46. The monoisotopic (exact) mass is 360 g/mol. The fraction of sp³-hybridized carbons (Fsp3) is 0.471. The molecule has 0 fully saturated rings. The second kappa shape index (κ2) is 7.11. The maximum atomic E-state index is 12.2. The van der Waals surface area contributed by atoms with E-state index in [4.69, 9.17) is 0 Å². The van der Waals surface area contributed by atoms with Crippen molar-refractivity contribution in [2.24, 2.45) is 0 Å². The second-order valence-corrected chi connectivity index (χ2v) is 7.39. The number of carbonyl (C=O) groups is 2. The van der Waals surface area contributed by atoms with E-state index in [1.807, 2.05) is 13.8 Å². The molecule has 9 nitrogen and oxygen atoms in total. The first kappa shape index (κ1) is 19.4. The standard InChI is InChI=1S/C17H24N6O3/c1-9(2)11-8-13(24)20-16(18-11)23-12(7-10(3)22-23)19-14(25)15(26)21-17(4,5)6/h7-9H,1-6H3,(H,19,25)(H,21,26)(H,18,20,24). The van der Waals surface area contributed by atoms with Gasteiger partial charge in [0.2, 0.25) is 5.95 Å². The molecule has 0 unspecified atom stereocenters. The number of hydrogen-bond acceptors (Lipinski definition) is 5. The summed E-state index contributed by atoms with van der Waals surface area (Å²) >= 11 is 0. The summed E-state index contributed by atoms with van der Waals surface area (Å²) in [6, 6.07) is 3.00. The largest absolute Gasteiger partial charge is 0.343 e. The molecule has 0 aliphatic heterocycles. The van der Waals surface area contributed by atoms with E-state index in [1.165, 1.54) is 10.7 Å². The van der Waals surface area contributed by atoms with E-state index in [0.717, 1.165) is 0 Å². The number of rotatable bonds is 3. The average Bonchev–Trinajstić information content (AvgIpc) is 2.85. The number of nitrogens with zero attached hydrogens (tertiary/aromatic N) is 3. The first-order valence-corrected chi connectivity index (χ1v) is 8.28. The summed E-state index contributed by atoms with van der Waals surface area (Å²) in [5, 5.41) is 9.34. The predicted octanol–water partition coefficient (Wildman–Crippen LogP) is 1.24. The van der Waals surface area contributed by atoms with Gasteiger partial charge in [0.25, 0.3) is 5.56 Å². The van der Waals surface area contributed by atoms with Crippen molar-refractivity contribution in [1.82, 2.24) is 25.1 Å². The second-order valence-electron chi connectivity index (χ2n) is 7.39. The highest BCUT2D eigenvalue weighted by Crippen LogP contribution is 2.16. The third-order valence-electron chi connectivity index (χ3n) is 3.31. The summed E-state index contributed by atoms with van der Waals surface area (Å²) in [6.07, 6.45) is 0. The molecule has 0 saturated heterocycles. The topological polar surface area (TPSA) is 122 Å². The van der Waals surface area contributed by atoms with Crippen molar-refractivity contribution < 1.29 is 9.59 Å². The Balaban J connectivity index is 2.36. The highest BCUT2D eigenvalue weighted by atomic mass is 16.2. The van der Waals surface area contributed by atoms with Crippen LogP contribution in [-0.2, 0) is 9.59 Å². The van der Waals surface area contributed by atoms with E-state index in [0.29, 0.717) is 11.4 Å². The number of nitrogens with one attached hydrogen (secondary N) is 3. The number of amides is 2. The van der Waals surface area contributed by atoms with Gasteiger partial charge in [-0.2, -0.15) is 9.78 Å². The quantitative estimate of drug-likeness (QED) is 0.711. The van der Waals surface area contributed by atoms with E-state index < -0.39 is 17.4 Å². The smallest absolute Gasteiger partial charge is 0.314 e. The first-order chi connectivity index (χ1) is 12.0. The van der Waals surface area contributed by atoms with Crippen molar-refractivity contribution in [3.63, 3.8) is 0 Å². The van der Waals surface area contributed by atoms with Crippen molar-refractivity contribution in [2.75, 3.05) is 5.32 Å². The van der Waals surface area contributed by atoms with Gasteiger partial charge < -0.3 is 10.6 Å². The zero-order valence-corrected chi connectivity index (χ0v) is 15.8. The lowest BCUT2D eigenvalue weighted by atomic mass is 10.1. The molecule has 2 heterocycles. The number of H-pyrrole nitrogens is 1. The number of anilines is 1. The van der Waals surface area contributed by atoms with Crippen LogP contribution >= 0.6 is 0 Å². The lowest BCUT2D eigenvalue weighted by molar-refractivity contribution is -0.137. The summed E-state index contributed by atoms with van der Waals surface area (Å²) in [6.45, 7) is 10.9. The van der Waals surface area contributed by atoms with E-state index in [9.17, 15) is 14.4 Å². The van der Waals surface area contributed by atoms with Crippen LogP contribution in [0.25, 0.3) is 5.95 Å². The summed E-state index contributed by atoms with van der Waals surface area (Å²) in [5.74, 6) is -1.14. The Morgan fingerprint density at radius 3 is 2.42 bits per heavy atom. The maximum absolute atomic E-state index is 12.2.